The Hall–Kier alpha value is -3.56. The van der Waals surface area contributed by atoms with Crippen molar-refractivity contribution in [3.8, 4) is 0 Å². The third kappa shape index (κ3) is 6.53. The zero-order valence-corrected chi connectivity index (χ0v) is 25.9. The summed E-state index contributed by atoms with van der Waals surface area (Å²) < 4.78 is 41.7. The first-order valence-corrected chi connectivity index (χ1v) is 14.8. The molecule has 3 aromatic rings. The van der Waals surface area contributed by atoms with Gasteiger partial charge in [0.25, 0.3) is 0 Å². The number of aliphatic carboxylic acids is 1. The van der Waals surface area contributed by atoms with E-state index < -0.39 is 29.0 Å². The van der Waals surface area contributed by atoms with E-state index in [1.807, 2.05) is 58.2 Å². The summed E-state index contributed by atoms with van der Waals surface area (Å²) in [5.74, 6) is 4.82. The van der Waals surface area contributed by atoms with Gasteiger partial charge in [-0.05, 0) is 105 Å². The number of hydrogen-bond acceptors (Lipinski definition) is 5. The Balaban J connectivity index is 1.78. The molecule has 0 amide bonds. The van der Waals surface area contributed by atoms with Crippen molar-refractivity contribution in [3.05, 3.63) is 93.0 Å². The Morgan fingerprint density at radius 3 is 2.49 bits per heavy atom. The maximum atomic E-state index is 13.9. The van der Waals surface area contributed by atoms with Crippen molar-refractivity contribution in [1.82, 2.24) is 4.90 Å². The molecule has 0 fully saturated rings. The van der Waals surface area contributed by atoms with Crippen LogP contribution in [0.25, 0.3) is 0 Å². The molecule has 0 spiro atoms. The third-order valence-electron chi connectivity index (χ3n) is 8.95. The minimum Gasteiger partial charge on any atom is -0.481 e. The molecule has 4 N–H and O–H groups in total. The van der Waals surface area contributed by atoms with Gasteiger partial charge < -0.3 is 15.4 Å². The van der Waals surface area contributed by atoms with Crippen molar-refractivity contribution in [2.75, 3.05) is 30.5 Å². The topological polar surface area (TPSA) is 81.8 Å². The fraction of sp³-hybridized carbons (Fsp3) is 0.441. The number of hydrogen-bond donors (Lipinski definition) is 3. The number of carboxylic acids is 1. The number of nitrogens with two attached hydrogens (primary N) is 1. The zero-order chi connectivity index (χ0) is 31.7. The molecule has 0 radical (unpaired) electrons. The summed E-state index contributed by atoms with van der Waals surface area (Å²) in [4.78, 5) is 14.8. The molecule has 1 atom stereocenters. The van der Waals surface area contributed by atoms with E-state index in [1.165, 1.54) is 12.1 Å². The maximum Gasteiger partial charge on any atom is 0.416 e. The van der Waals surface area contributed by atoms with Crippen LogP contribution < -0.4 is 16.2 Å². The van der Waals surface area contributed by atoms with E-state index in [-0.39, 0.29) is 6.54 Å². The Kier molecular flexibility index (Phi) is 9.47. The van der Waals surface area contributed by atoms with Gasteiger partial charge in [-0.1, -0.05) is 36.4 Å². The minimum atomic E-state index is -4.41. The molecule has 43 heavy (non-hydrogen) atoms. The second-order valence-electron chi connectivity index (χ2n) is 12.1. The number of nitrogens with zero attached hydrogens (tertiary/aromatic N) is 2. The van der Waals surface area contributed by atoms with E-state index in [9.17, 15) is 23.1 Å². The van der Waals surface area contributed by atoms with Crippen LogP contribution in [0, 0.1) is 19.3 Å². The van der Waals surface area contributed by atoms with Gasteiger partial charge in [-0.2, -0.15) is 13.2 Å². The van der Waals surface area contributed by atoms with Gasteiger partial charge in [-0.25, -0.2) is 5.84 Å². The van der Waals surface area contributed by atoms with Crippen LogP contribution in [0.15, 0.2) is 48.5 Å². The maximum absolute atomic E-state index is 13.9. The van der Waals surface area contributed by atoms with Crippen LogP contribution in [0.4, 0.5) is 24.5 Å². The number of carbonyl (C=O) groups is 1. The summed E-state index contributed by atoms with van der Waals surface area (Å²) in [7, 11) is 1.82. The quantitative estimate of drug-likeness (QED) is 0.178. The average Bonchev–Trinajstić information content (AvgIpc) is 3.16. The van der Waals surface area contributed by atoms with Gasteiger partial charge >= 0.3 is 12.1 Å². The molecule has 4 rings (SSSR count). The smallest absolute Gasteiger partial charge is 0.416 e. The second-order valence-corrected chi connectivity index (χ2v) is 12.1. The van der Waals surface area contributed by atoms with E-state index >= 15 is 0 Å². The Morgan fingerprint density at radius 2 is 1.86 bits per heavy atom. The lowest BCUT2D eigenvalue weighted by Crippen LogP contribution is -2.34. The molecule has 3 aromatic carbocycles. The molecule has 1 aliphatic heterocycles. The van der Waals surface area contributed by atoms with Gasteiger partial charge in [0, 0.05) is 32.6 Å². The lowest BCUT2D eigenvalue weighted by atomic mass is 9.69. The molecule has 9 heteroatoms. The van der Waals surface area contributed by atoms with Gasteiger partial charge in [-0.15, -0.1) is 0 Å². The second kappa shape index (κ2) is 12.6. The molecule has 0 saturated heterocycles. The van der Waals surface area contributed by atoms with Gasteiger partial charge in [0.05, 0.1) is 22.4 Å². The van der Waals surface area contributed by atoms with Crippen molar-refractivity contribution in [1.29, 1.82) is 0 Å². The molecular weight excluding hydrogens is 553 g/mol. The minimum absolute atomic E-state index is 0.206. The highest BCUT2D eigenvalue weighted by Gasteiger charge is 2.40. The normalized spacial score (nSPS) is 15.0. The number of benzene rings is 3. The summed E-state index contributed by atoms with van der Waals surface area (Å²) in [6, 6.07) is 14.4. The molecule has 1 unspecified atom stereocenters. The SMILES string of the molecule is CCN(N)c1ccc(C(c2ccc(C)c(CN3CCCc4cccc(C(F)(F)F)c4C3)c2)C(C)(C)C(=O)O)c(C)c1NC. The predicted molar refractivity (Wildman–Crippen MR) is 166 cm³/mol. The number of halogens is 3. The van der Waals surface area contributed by atoms with Crippen LogP contribution in [0.3, 0.4) is 0 Å². The fourth-order valence-corrected chi connectivity index (χ4v) is 6.39. The van der Waals surface area contributed by atoms with Crippen molar-refractivity contribution in [2.45, 2.75) is 72.6 Å². The number of carboxylic acid groups (broad SMARTS) is 1. The van der Waals surface area contributed by atoms with Crippen molar-refractivity contribution >= 4 is 17.3 Å². The number of nitrogens with one attached hydrogen (secondary N) is 1. The molecule has 1 aliphatic rings. The van der Waals surface area contributed by atoms with Gasteiger partial charge in [0.2, 0.25) is 0 Å². The standard InChI is InChI=1S/C34H43F3N4O2/c1-7-41(38)29-16-15-26(22(3)31(29)39-6)30(33(4,5)32(42)43)24-14-13-21(2)25(18-24)19-40-17-9-11-23-10-8-12-28(27(23)20-40)34(35,36)37/h8,10,12-16,18,30,39H,7,9,11,17,19-20,38H2,1-6H3,(H,42,43). The summed E-state index contributed by atoms with van der Waals surface area (Å²) >= 11 is 0. The monoisotopic (exact) mass is 596 g/mol. The first kappa shape index (κ1) is 32.4. The first-order chi connectivity index (χ1) is 20.2. The highest BCUT2D eigenvalue weighted by atomic mass is 19.4. The lowest BCUT2D eigenvalue weighted by molar-refractivity contribution is -0.147. The van der Waals surface area contributed by atoms with Gasteiger partial charge in [0.1, 0.15) is 0 Å². The number of rotatable bonds is 9. The van der Waals surface area contributed by atoms with Crippen LogP contribution in [0.1, 0.15) is 77.6 Å². The van der Waals surface area contributed by atoms with Gasteiger partial charge in [0.15, 0.2) is 0 Å². The Bertz CT molecular complexity index is 1490. The summed E-state index contributed by atoms with van der Waals surface area (Å²) in [6.07, 6.45) is -3.05. The van der Waals surface area contributed by atoms with Crippen LogP contribution in [-0.4, -0.2) is 36.1 Å². The van der Waals surface area contributed by atoms with Crippen molar-refractivity contribution < 1.29 is 23.1 Å². The van der Waals surface area contributed by atoms with Crippen molar-refractivity contribution in [2.24, 2.45) is 11.3 Å². The molecular formula is C34H43F3N4O2. The summed E-state index contributed by atoms with van der Waals surface area (Å²) in [5, 5.41) is 15.3. The molecule has 232 valence electrons. The number of alkyl halides is 3. The Labute approximate surface area is 252 Å². The average molecular weight is 597 g/mol. The number of hydrazine groups is 1. The fourth-order valence-electron chi connectivity index (χ4n) is 6.39. The summed E-state index contributed by atoms with van der Waals surface area (Å²) in [6.45, 7) is 11.3. The summed E-state index contributed by atoms with van der Waals surface area (Å²) in [5.41, 5.74) is 5.64. The van der Waals surface area contributed by atoms with E-state index in [0.717, 1.165) is 51.2 Å². The predicted octanol–water partition coefficient (Wildman–Crippen LogP) is 7.26. The van der Waals surface area contributed by atoms with E-state index in [1.54, 1.807) is 24.9 Å². The largest absolute Gasteiger partial charge is 0.481 e. The van der Waals surface area contributed by atoms with Gasteiger partial charge in [-0.3, -0.25) is 9.69 Å². The van der Waals surface area contributed by atoms with Crippen LogP contribution in [0.5, 0.6) is 0 Å². The molecule has 0 bridgehead atoms. The van der Waals surface area contributed by atoms with E-state index in [0.29, 0.717) is 31.6 Å². The Morgan fingerprint density at radius 1 is 1.14 bits per heavy atom. The highest BCUT2D eigenvalue weighted by Crippen LogP contribution is 2.46. The van der Waals surface area contributed by atoms with E-state index in [2.05, 4.69) is 10.2 Å². The molecule has 6 nitrogen and oxygen atoms in total. The molecule has 0 aromatic heterocycles. The van der Waals surface area contributed by atoms with Crippen LogP contribution >= 0.6 is 0 Å². The number of aryl methyl sites for hydroxylation is 2. The zero-order valence-electron chi connectivity index (χ0n) is 25.9. The van der Waals surface area contributed by atoms with E-state index in [4.69, 9.17) is 5.84 Å². The number of anilines is 2. The van der Waals surface area contributed by atoms with Crippen molar-refractivity contribution in [3.63, 3.8) is 0 Å². The third-order valence-corrected chi connectivity index (χ3v) is 8.95. The van der Waals surface area contributed by atoms with Crippen LogP contribution in [-0.2, 0) is 30.5 Å². The first-order valence-electron chi connectivity index (χ1n) is 14.8. The molecule has 0 saturated carbocycles. The molecule has 0 aliphatic carbocycles. The van der Waals surface area contributed by atoms with Crippen LogP contribution in [0.2, 0.25) is 0 Å². The highest BCUT2D eigenvalue weighted by molar-refractivity contribution is 5.79. The number of fused-ring (bicyclic) bond motifs is 1. The lowest BCUT2D eigenvalue weighted by Gasteiger charge is -2.34. The molecule has 1 heterocycles.